The van der Waals surface area contributed by atoms with E-state index in [2.05, 4.69) is 38.2 Å². The Labute approximate surface area is 307 Å². The van der Waals surface area contributed by atoms with Crippen LogP contribution in [0.3, 0.4) is 0 Å². The fourth-order valence-corrected chi connectivity index (χ4v) is 6.38. The first-order valence-corrected chi connectivity index (χ1v) is 21.0. The van der Waals surface area contributed by atoms with Crippen LogP contribution in [-0.2, 0) is 38.7 Å². The summed E-state index contributed by atoms with van der Waals surface area (Å²) in [5, 5.41) is 30.7. The second kappa shape index (κ2) is 29.6. The van der Waals surface area contributed by atoms with Gasteiger partial charge in [-0.25, -0.2) is 0 Å². The molecule has 0 aromatic rings. The minimum absolute atomic E-state index is 0.150. The van der Waals surface area contributed by atoms with Gasteiger partial charge in [0.2, 0.25) is 0 Å². The van der Waals surface area contributed by atoms with E-state index in [1.54, 1.807) is 0 Å². The van der Waals surface area contributed by atoms with E-state index in [0.29, 0.717) is 12.8 Å². The monoisotopic (exact) mass is 748 g/mol. The number of aliphatic hydroxyl groups excluding tert-OH is 3. The number of aliphatic hydroxyl groups is 3. The van der Waals surface area contributed by atoms with Gasteiger partial charge in [0.15, 0.2) is 12.4 Å². The molecule has 6 unspecified atom stereocenters. The van der Waals surface area contributed by atoms with Gasteiger partial charge in [-0.3, -0.25) is 14.1 Å². The van der Waals surface area contributed by atoms with Crippen molar-refractivity contribution in [1.82, 2.24) is 0 Å². The fourth-order valence-electron chi connectivity index (χ4n) is 5.69. The van der Waals surface area contributed by atoms with Crippen LogP contribution in [0.5, 0.6) is 0 Å². The average molecular weight is 749 g/mol. The van der Waals surface area contributed by atoms with Crippen LogP contribution in [0.1, 0.15) is 149 Å². The third-order valence-corrected chi connectivity index (χ3v) is 9.53. The highest BCUT2D eigenvalue weighted by Gasteiger charge is 2.46. The van der Waals surface area contributed by atoms with Crippen molar-refractivity contribution in [2.45, 2.75) is 185 Å². The van der Waals surface area contributed by atoms with Crippen LogP contribution in [0.2, 0.25) is 0 Å². The van der Waals surface area contributed by atoms with E-state index >= 15 is 0 Å². The molecule has 0 spiro atoms. The van der Waals surface area contributed by atoms with Crippen LogP contribution in [0, 0.1) is 0 Å². The fraction of sp³-hybridized carbons (Fsp3) is 0.842. The molecule has 0 saturated carbocycles. The lowest BCUT2D eigenvalue weighted by Gasteiger charge is -2.40. The molecule has 13 heteroatoms. The summed E-state index contributed by atoms with van der Waals surface area (Å²) in [5.74, 6) is -2.00. The number of ether oxygens (including phenoxy) is 4. The molecule has 1 aliphatic heterocycles. The zero-order valence-electron chi connectivity index (χ0n) is 31.2. The summed E-state index contributed by atoms with van der Waals surface area (Å²) in [6.07, 6.45) is 19.6. The second-order valence-electron chi connectivity index (χ2n) is 13.6. The molecule has 0 aliphatic carbocycles. The molecule has 1 aliphatic rings. The molecule has 1 heterocycles. The lowest BCUT2D eigenvalue weighted by atomic mass is 10.00. The number of allylic oxidation sites excluding steroid dienone is 4. The molecule has 1 rings (SSSR count). The molecule has 0 aromatic carbocycles. The maximum atomic E-state index is 12.7. The molecule has 298 valence electrons. The number of hydrogen-bond acceptors (Lipinski definition) is 11. The molecule has 0 radical (unpaired) electrons. The van der Waals surface area contributed by atoms with E-state index in [9.17, 15) is 37.9 Å². The minimum atomic E-state index is -4.60. The Kier molecular flexibility index (Phi) is 27.3. The van der Waals surface area contributed by atoms with Gasteiger partial charge in [0.05, 0.1) is 6.61 Å². The van der Waals surface area contributed by atoms with Gasteiger partial charge in [0.1, 0.15) is 36.8 Å². The Morgan fingerprint density at radius 3 is 1.78 bits per heavy atom. The molecule has 1 saturated heterocycles. The quantitative estimate of drug-likeness (QED) is 0.0262. The third-order valence-electron chi connectivity index (χ3n) is 8.78. The van der Waals surface area contributed by atoms with Crippen molar-refractivity contribution >= 4 is 22.1 Å². The van der Waals surface area contributed by atoms with Gasteiger partial charge in [0.25, 0.3) is 10.1 Å². The molecular weight excluding hydrogens is 680 g/mol. The van der Waals surface area contributed by atoms with Gasteiger partial charge in [-0.15, -0.1) is 0 Å². The number of rotatable bonds is 31. The summed E-state index contributed by atoms with van der Waals surface area (Å²) in [5.41, 5.74) is 0. The van der Waals surface area contributed by atoms with E-state index in [-0.39, 0.29) is 19.4 Å². The summed E-state index contributed by atoms with van der Waals surface area (Å²) in [6, 6.07) is 0. The SMILES string of the molecule is CCCC/C=C\C/C=C\CCCCCCCC(=O)OC(COC(=O)CCCCCCCCCCC)COC1OC(CS(=O)(=O)O)C(O)C(O)C1O. The number of hydrogen-bond donors (Lipinski definition) is 4. The van der Waals surface area contributed by atoms with Crippen LogP contribution >= 0.6 is 0 Å². The zero-order valence-corrected chi connectivity index (χ0v) is 32.0. The number of esters is 2. The predicted molar refractivity (Wildman–Crippen MR) is 196 cm³/mol. The molecule has 4 N–H and O–H groups in total. The van der Waals surface area contributed by atoms with Crippen molar-refractivity contribution in [3.63, 3.8) is 0 Å². The Hall–Kier alpha value is -1.87. The molecule has 0 aromatic heterocycles. The van der Waals surface area contributed by atoms with Crippen molar-refractivity contribution in [3.05, 3.63) is 24.3 Å². The summed E-state index contributed by atoms with van der Waals surface area (Å²) >= 11 is 0. The Morgan fingerprint density at radius 2 is 1.20 bits per heavy atom. The standard InChI is InChI=1S/C38H68O12S/c1-3-5-7-9-11-13-14-15-16-17-19-21-23-25-27-34(40)49-31(28-47-33(39)26-24-22-20-18-12-10-8-6-4-2)29-48-38-37(43)36(42)35(41)32(50-38)30-51(44,45)46/h9,11,14-15,31-32,35-38,41-43H,3-8,10,12-13,16-30H2,1-2H3,(H,44,45,46)/b11-9-,15-14-. The summed E-state index contributed by atoms with van der Waals surface area (Å²) in [6.45, 7) is 3.65. The first-order valence-electron chi connectivity index (χ1n) is 19.4. The van der Waals surface area contributed by atoms with Crippen LogP contribution in [0.25, 0.3) is 0 Å². The van der Waals surface area contributed by atoms with E-state index < -0.39 is 71.2 Å². The predicted octanol–water partition coefficient (Wildman–Crippen LogP) is 6.50. The first-order chi connectivity index (χ1) is 24.5. The highest BCUT2D eigenvalue weighted by Crippen LogP contribution is 2.24. The lowest BCUT2D eigenvalue weighted by molar-refractivity contribution is -0.297. The van der Waals surface area contributed by atoms with E-state index in [1.165, 1.54) is 44.9 Å². The smallest absolute Gasteiger partial charge is 0.306 e. The number of carbonyl (C=O) groups is 2. The van der Waals surface area contributed by atoms with E-state index in [1.807, 2.05) is 0 Å². The van der Waals surface area contributed by atoms with Crippen molar-refractivity contribution < 1.29 is 56.8 Å². The molecular formula is C38H68O12S. The lowest BCUT2D eigenvalue weighted by Crippen LogP contribution is -2.60. The van der Waals surface area contributed by atoms with Gasteiger partial charge >= 0.3 is 11.9 Å². The van der Waals surface area contributed by atoms with Gasteiger partial charge in [0, 0.05) is 12.8 Å². The third kappa shape index (κ3) is 24.9. The average Bonchev–Trinajstić information content (AvgIpc) is 3.09. The maximum absolute atomic E-state index is 12.7. The van der Waals surface area contributed by atoms with Crippen LogP contribution in [-0.4, -0.2) is 96.0 Å². The van der Waals surface area contributed by atoms with Crippen molar-refractivity contribution in [2.24, 2.45) is 0 Å². The molecule has 12 nitrogen and oxygen atoms in total. The molecule has 0 amide bonds. The molecule has 0 bridgehead atoms. The van der Waals surface area contributed by atoms with Gasteiger partial charge in [-0.1, -0.05) is 122 Å². The summed E-state index contributed by atoms with van der Waals surface area (Å²) in [4.78, 5) is 25.2. The van der Waals surface area contributed by atoms with Gasteiger partial charge in [-0.2, -0.15) is 8.42 Å². The van der Waals surface area contributed by atoms with Crippen molar-refractivity contribution in [2.75, 3.05) is 19.0 Å². The van der Waals surface area contributed by atoms with Crippen molar-refractivity contribution in [3.8, 4) is 0 Å². The highest BCUT2D eigenvalue weighted by atomic mass is 32.2. The number of unbranched alkanes of at least 4 members (excludes halogenated alkanes) is 15. The zero-order chi connectivity index (χ0) is 37.7. The summed E-state index contributed by atoms with van der Waals surface area (Å²) in [7, 11) is -4.60. The van der Waals surface area contributed by atoms with E-state index in [4.69, 9.17) is 18.9 Å². The van der Waals surface area contributed by atoms with Crippen LogP contribution < -0.4 is 0 Å². The second-order valence-corrected chi connectivity index (χ2v) is 15.1. The number of carbonyl (C=O) groups excluding carboxylic acids is 2. The maximum Gasteiger partial charge on any atom is 0.306 e. The Morgan fingerprint density at radius 1 is 0.667 bits per heavy atom. The summed E-state index contributed by atoms with van der Waals surface area (Å²) < 4.78 is 53.7. The van der Waals surface area contributed by atoms with Crippen molar-refractivity contribution in [1.29, 1.82) is 0 Å². The van der Waals surface area contributed by atoms with E-state index in [0.717, 1.165) is 64.2 Å². The topological polar surface area (TPSA) is 186 Å². The Balaban J connectivity index is 2.54. The molecule has 1 fully saturated rings. The largest absolute Gasteiger partial charge is 0.462 e. The normalized spacial score (nSPS) is 21.7. The van der Waals surface area contributed by atoms with Crippen LogP contribution in [0.4, 0.5) is 0 Å². The molecule has 6 atom stereocenters. The minimum Gasteiger partial charge on any atom is -0.462 e. The van der Waals surface area contributed by atoms with Gasteiger partial charge < -0.3 is 34.3 Å². The Bertz CT molecular complexity index is 1060. The molecule has 51 heavy (non-hydrogen) atoms. The first kappa shape index (κ1) is 47.2. The van der Waals surface area contributed by atoms with Crippen LogP contribution in [0.15, 0.2) is 24.3 Å². The highest BCUT2D eigenvalue weighted by molar-refractivity contribution is 7.85. The van der Waals surface area contributed by atoms with Gasteiger partial charge in [-0.05, 0) is 38.5 Å².